The maximum Gasteiger partial charge on any atom is 0.328 e. The average Bonchev–Trinajstić information content (AvgIpc) is 2.65. The molecule has 1 N–H and O–H groups in total. The van der Waals surface area contributed by atoms with Gasteiger partial charge in [-0.1, -0.05) is 30.3 Å². The van der Waals surface area contributed by atoms with Crippen LogP contribution in [-0.4, -0.2) is 25.0 Å². The number of nitrogens with one attached hydrogen (secondary N) is 1. The van der Waals surface area contributed by atoms with Gasteiger partial charge in [0.1, 0.15) is 24.2 Å². The zero-order valence-electron chi connectivity index (χ0n) is 14.6. The maximum absolute atomic E-state index is 13.5. The topological polar surface area (TPSA) is 64.6 Å². The monoisotopic (exact) mass is 357 g/mol. The molecule has 136 valence electrons. The number of esters is 1. The number of halogens is 1. The molecule has 0 radical (unpaired) electrons. The van der Waals surface area contributed by atoms with Crippen LogP contribution in [0.25, 0.3) is 6.08 Å². The molecule has 0 bridgehead atoms. The molecule has 6 heteroatoms. The van der Waals surface area contributed by atoms with Gasteiger partial charge in [0.25, 0.3) is 0 Å². The van der Waals surface area contributed by atoms with E-state index in [-0.39, 0.29) is 12.2 Å². The van der Waals surface area contributed by atoms with Gasteiger partial charge in [-0.15, -0.1) is 0 Å². The molecule has 5 nitrogen and oxygen atoms in total. The molecule has 0 aliphatic carbocycles. The first-order chi connectivity index (χ1) is 12.5. The quantitative estimate of drug-likeness (QED) is 0.611. The van der Waals surface area contributed by atoms with Gasteiger partial charge in [0.15, 0.2) is 0 Å². The molecule has 0 heterocycles. The lowest BCUT2D eigenvalue weighted by molar-refractivity contribution is -0.148. The molecular formula is C20H20FNO4. The molecule has 0 saturated carbocycles. The summed E-state index contributed by atoms with van der Waals surface area (Å²) in [5.41, 5.74) is 1.09. The van der Waals surface area contributed by atoms with Crippen molar-refractivity contribution in [1.29, 1.82) is 0 Å². The Kier molecular flexibility index (Phi) is 6.91. The smallest absolute Gasteiger partial charge is 0.328 e. The van der Waals surface area contributed by atoms with E-state index in [0.29, 0.717) is 0 Å². The number of hydrogen-bond acceptors (Lipinski definition) is 4. The third-order valence-electron chi connectivity index (χ3n) is 3.58. The Bertz CT molecular complexity index is 787. The minimum atomic E-state index is -0.852. The number of carbonyl (C=O) groups is 2. The predicted octanol–water partition coefficient (Wildman–Crippen LogP) is 3.10. The molecule has 2 aromatic rings. The van der Waals surface area contributed by atoms with Crippen LogP contribution in [0, 0.1) is 5.82 Å². The molecule has 1 atom stereocenters. The van der Waals surface area contributed by atoms with Crippen LogP contribution >= 0.6 is 0 Å². The van der Waals surface area contributed by atoms with Crippen LogP contribution < -0.4 is 10.1 Å². The zero-order valence-corrected chi connectivity index (χ0v) is 14.6. The van der Waals surface area contributed by atoms with Crippen molar-refractivity contribution >= 4 is 18.0 Å². The van der Waals surface area contributed by atoms with Gasteiger partial charge in [-0.25, -0.2) is 9.18 Å². The van der Waals surface area contributed by atoms with Crippen molar-refractivity contribution in [3.63, 3.8) is 0 Å². The summed E-state index contributed by atoms with van der Waals surface area (Å²) in [6.07, 6.45) is 2.94. The minimum absolute atomic E-state index is 0.187. The Hall–Kier alpha value is -3.15. The number of carbonyl (C=O) groups excluding carboxylic acids is 2. The number of rotatable bonds is 7. The van der Waals surface area contributed by atoms with E-state index < -0.39 is 23.7 Å². The van der Waals surface area contributed by atoms with Gasteiger partial charge in [-0.2, -0.15) is 0 Å². The average molecular weight is 357 g/mol. The lowest BCUT2D eigenvalue weighted by Crippen LogP contribution is -2.38. The van der Waals surface area contributed by atoms with Gasteiger partial charge >= 0.3 is 5.97 Å². The lowest BCUT2D eigenvalue weighted by atomic mass is 10.2. The summed E-state index contributed by atoms with van der Waals surface area (Å²) in [5.74, 6) is -0.798. The Morgan fingerprint density at radius 3 is 2.50 bits per heavy atom. The second-order valence-electron chi connectivity index (χ2n) is 5.54. The Balaban J connectivity index is 1.82. The van der Waals surface area contributed by atoms with Crippen molar-refractivity contribution < 1.29 is 23.5 Å². The number of benzene rings is 2. The van der Waals surface area contributed by atoms with Crippen LogP contribution in [0.5, 0.6) is 5.75 Å². The van der Waals surface area contributed by atoms with Gasteiger partial charge in [-0.3, -0.25) is 4.79 Å². The van der Waals surface area contributed by atoms with Crippen molar-refractivity contribution in [3.05, 3.63) is 71.6 Å². The highest BCUT2D eigenvalue weighted by atomic mass is 19.1. The van der Waals surface area contributed by atoms with Gasteiger partial charge in [0.05, 0.1) is 7.11 Å². The Morgan fingerprint density at radius 1 is 1.15 bits per heavy atom. The molecule has 0 aliphatic heterocycles. The second-order valence-corrected chi connectivity index (χ2v) is 5.54. The first-order valence-corrected chi connectivity index (χ1v) is 8.02. The van der Waals surface area contributed by atoms with E-state index in [9.17, 15) is 14.0 Å². The minimum Gasteiger partial charge on any atom is -0.497 e. The van der Waals surface area contributed by atoms with Crippen molar-refractivity contribution in [1.82, 2.24) is 5.32 Å². The van der Waals surface area contributed by atoms with E-state index in [1.165, 1.54) is 25.1 Å². The highest BCUT2D eigenvalue weighted by molar-refractivity contribution is 5.94. The molecule has 2 aromatic carbocycles. The molecule has 0 fully saturated rings. The first kappa shape index (κ1) is 19.2. The van der Waals surface area contributed by atoms with Crippen LogP contribution in [0.1, 0.15) is 18.1 Å². The van der Waals surface area contributed by atoms with Crippen molar-refractivity contribution in [2.75, 3.05) is 7.11 Å². The van der Waals surface area contributed by atoms with Crippen molar-refractivity contribution in [2.45, 2.75) is 19.6 Å². The molecule has 0 saturated heterocycles. The van der Waals surface area contributed by atoms with E-state index >= 15 is 0 Å². The molecular weight excluding hydrogens is 337 g/mol. The first-order valence-electron chi connectivity index (χ1n) is 8.02. The van der Waals surface area contributed by atoms with E-state index in [4.69, 9.17) is 9.47 Å². The van der Waals surface area contributed by atoms with Gasteiger partial charge in [0, 0.05) is 11.6 Å². The fraction of sp³-hybridized carbons (Fsp3) is 0.200. The maximum atomic E-state index is 13.5. The van der Waals surface area contributed by atoms with Crippen LogP contribution in [0.4, 0.5) is 4.39 Å². The van der Waals surface area contributed by atoms with Crippen molar-refractivity contribution in [3.8, 4) is 5.75 Å². The van der Waals surface area contributed by atoms with Gasteiger partial charge < -0.3 is 14.8 Å². The molecule has 0 aliphatic rings. The molecule has 26 heavy (non-hydrogen) atoms. The summed E-state index contributed by atoms with van der Waals surface area (Å²) in [7, 11) is 1.57. The SMILES string of the molecule is COc1ccc(C=CC(=O)N[C@@H](C)C(=O)OCc2ccccc2F)cc1. The van der Waals surface area contributed by atoms with Crippen LogP contribution in [0.2, 0.25) is 0 Å². The Morgan fingerprint density at radius 2 is 1.85 bits per heavy atom. The number of ether oxygens (including phenoxy) is 2. The summed E-state index contributed by atoms with van der Waals surface area (Å²) < 4.78 is 23.6. The third kappa shape index (κ3) is 5.73. The molecule has 0 aromatic heterocycles. The number of hydrogen-bond donors (Lipinski definition) is 1. The highest BCUT2D eigenvalue weighted by Crippen LogP contribution is 2.12. The van der Waals surface area contributed by atoms with Gasteiger partial charge in [-0.05, 0) is 36.8 Å². The van der Waals surface area contributed by atoms with Crippen LogP contribution in [0.3, 0.4) is 0 Å². The molecule has 1 amide bonds. The van der Waals surface area contributed by atoms with E-state index in [0.717, 1.165) is 11.3 Å². The summed E-state index contributed by atoms with van der Waals surface area (Å²) in [6, 6.07) is 12.3. The second kappa shape index (κ2) is 9.36. The predicted molar refractivity (Wildman–Crippen MR) is 95.8 cm³/mol. The van der Waals surface area contributed by atoms with Crippen LogP contribution in [0.15, 0.2) is 54.6 Å². The Labute approximate surface area is 151 Å². The zero-order chi connectivity index (χ0) is 18.9. The molecule has 0 unspecified atom stereocenters. The van der Waals surface area contributed by atoms with E-state index in [1.54, 1.807) is 49.6 Å². The van der Waals surface area contributed by atoms with E-state index in [1.807, 2.05) is 0 Å². The largest absolute Gasteiger partial charge is 0.497 e. The summed E-state index contributed by atoms with van der Waals surface area (Å²) in [6.45, 7) is 1.32. The van der Waals surface area contributed by atoms with Crippen molar-refractivity contribution in [2.24, 2.45) is 0 Å². The summed E-state index contributed by atoms with van der Waals surface area (Å²) in [4.78, 5) is 23.8. The summed E-state index contributed by atoms with van der Waals surface area (Å²) in [5, 5.41) is 2.50. The molecule has 2 rings (SSSR count). The standard InChI is InChI=1S/C20H20FNO4/c1-14(20(24)26-13-16-5-3-4-6-18(16)21)22-19(23)12-9-15-7-10-17(25-2)11-8-15/h3-12,14H,13H2,1-2H3,(H,22,23)/t14-/m0/s1. The fourth-order valence-corrected chi connectivity index (χ4v) is 2.10. The highest BCUT2D eigenvalue weighted by Gasteiger charge is 2.16. The van der Waals surface area contributed by atoms with E-state index in [2.05, 4.69) is 5.32 Å². The number of methoxy groups -OCH3 is 1. The third-order valence-corrected chi connectivity index (χ3v) is 3.58. The number of amides is 1. The summed E-state index contributed by atoms with van der Waals surface area (Å²) >= 11 is 0. The lowest BCUT2D eigenvalue weighted by Gasteiger charge is -2.12. The normalized spacial score (nSPS) is 11.8. The van der Waals surface area contributed by atoms with Crippen LogP contribution in [-0.2, 0) is 20.9 Å². The fourth-order valence-electron chi connectivity index (χ4n) is 2.10. The van der Waals surface area contributed by atoms with Gasteiger partial charge in [0.2, 0.25) is 5.91 Å². The molecule has 0 spiro atoms.